The van der Waals surface area contributed by atoms with Crippen LogP contribution in [-0.4, -0.2) is 33.6 Å². The zero-order valence-electron chi connectivity index (χ0n) is 16.9. The minimum absolute atomic E-state index is 0.0875. The highest BCUT2D eigenvalue weighted by atomic mass is 19.1. The van der Waals surface area contributed by atoms with Crippen molar-refractivity contribution in [3.05, 3.63) is 72.3 Å². The SMILES string of the molecule is CCOC(=O)c1cc2cnc(Oc3ccc(NC(=O)Nc4ccc(F)cc4)cc3)nc2[nH]1. The van der Waals surface area contributed by atoms with Crippen LogP contribution in [0.1, 0.15) is 17.4 Å². The number of ether oxygens (including phenoxy) is 2. The van der Waals surface area contributed by atoms with Gasteiger partial charge in [0.1, 0.15) is 22.9 Å². The molecule has 2 heterocycles. The minimum Gasteiger partial charge on any atom is -0.461 e. The fourth-order valence-electron chi connectivity index (χ4n) is 2.81. The summed E-state index contributed by atoms with van der Waals surface area (Å²) in [5, 5.41) is 5.91. The standard InChI is InChI=1S/C22H18FN5O4/c1-2-31-20(29)18-11-13-12-24-22(28-19(13)27-18)32-17-9-7-16(8-10-17)26-21(30)25-15-5-3-14(23)4-6-15/h3-12H,2H2,1H3,(H,24,27,28)(H2,25,26,30). The number of esters is 1. The molecular weight excluding hydrogens is 417 g/mol. The van der Waals surface area contributed by atoms with E-state index in [1.165, 1.54) is 30.5 Å². The summed E-state index contributed by atoms with van der Waals surface area (Å²) >= 11 is 0. The van der Waals surface area contributed by atoms with Gasteiger partial charge < -0.3 is 25.1 Å². The van der Waals surface area contributed by atoms with Gasteiger partial charge in [-0.1, -0.05) is 0 Å². The highest BCUT2D eigenvalue weighted by molar-refractivity contribution is 5.99. The van der Waals surface area contributed by atoms with Crippen molar-refractivity contribution in [3.63, 3.8) is 0 Å². The van der Waals surface area contributed by atoms with Crippen molar-refractivity contribution in [2.45, 2.75) is 6.92 Å². The largest absolute Gasteiger partial charge is 0.461 e. The number of rotatable bonds is 6. The Balaban J connectivity index is 1.38. The lowest BCUT2D eigenvalue weighted by Crippen LogP contribution is -2.19. The maximum atomic E-state index is 12.9. The van der Waals surface area contributed by atoms with E-state index in [9.17, 15) is 14.0 Å². The maximum Gasteiger partial charge on any atom is 0.354 e. The summed E-state index contributed by atoms with van der Waals surface area (Å²) in [7, 11) is 0. The van der Waals surface area contributed by atoms with Gasteiger partial charge in [-0.05, 0) is 61.5 Å². The van der Waals surface area contributed by atoms with Crippen LogP contribution in [0.15, 0.2) is 60.8 Å². The minimum atomic E-state index is -0.473. The molecule has 2 aromatic heterocycles. The van der Waals surface area contributed by atoms with Gasteiger partial charge in [0.2, 0.25) is 0 Å². The Hall–Kier alpha value is -4.47. The summed E-state index contributed by atoms with van der Waals surface area (Å²) in [6.07, 6.45) is 1.53. The van der Waals surface area contributed by atoms with E-state index in [1.807, 2.05) is 0 Å². The van der Waals surface area contributed by atoms with E-state index in [2.05, 4.69) is 25.6 Å². The Morgan fingerprint density at radius 1 is 1.03 bits per heavy atom. The molecule has 32 heavy (non-hydrogen) atoms. The first kappa shape index (κ1) is 20.8. The van der Waals surface area contributed by atoms with E-state index >= 15 is 0 Å². The number of nitrogens with one attached hydrogen (secondary N) is 3. The van der Waals surface area contributed by atoms with Crippen LogP contribution in [-0.2, 0) is 4.74 Å². The molecule has 0 saturated heterocycles. The number of hydrogen-bond acceptors (Lipinski definition) is 6. The second-order valence-corrected chi connectivity index (χ2v) is 6.57. The molecule has 0 aliphatic heterocycles. The number of anilines is 2. The molecule has 0 bridgehead atoms. The van der Waals surface area contributed by atoms with Crippen molar-refractivity contribution in [1.29, 1.82) is 0 Å². The third-order valence-electron chi connectivity index (χ3n) is 4.27. The molecule has 2 amide bonds. The van der Waals surface area contributed by atoms with Crippen LogP contribution in [0.5, 0.6) is 11.8 Å². The van der Waals surface area contributed by atoms with E-state index in [4.69, 9.17) is 9.47 Å². The molecule has 0 radical (unpaired) electrons. The first-order valence-corrected chi connectivity index (χ1v) is 9.64. The van der Waals surface area contributed by atoms with Crippen molar-refractivity contribution in [2.24, 2.45) is 0 Å². The fourth-order valence-corrected chi connectivity index (χ4v) is 2.81. The molecule has 0 atom stereocenters. The third-order valence-corrected chi connectivity index (χ3v) is 4.27. The zero-order valence-corrected chi connectivity index (χ0v) is 16.9. The van der Waals surface area contributed by atoms with E-state index in [1.54, 1.807) is 37.3 Å². The van der Waals surface area contributed by atoms with Gasteiger partial charge in [0, 0.05) is 23.0 Å². The average molecular weight is 435 g/mol. The number of amides is 2. The van der Waals surface area contributed by atoms with Crippen molar-refractivity contribution in [2.75, 3.05) is 17.2 Å². The number of carbonyl (C=O) groups is 2. The number of H-pyrrole nitrogens is 1. The summed E-state index contributed by atoms with van der Waals surface area (Å²) in [4.78, 5) is 35.2. The fraction of sp³-hybridized carbons (Fsp3) is 0.0909. The molecule has 0 aliphatic carbocycles. The molecule has 0 fully saturated rings. The van der Waals surface area contributed by atoms with Gasteiger partial charge in [-0.15, -0.1) is 0 Å². The summed E-state index contributed by atoms with van der Waals surface area (Å²) in [5.74, 6) is -0.407. The zero-order chi connectivity index (χ0) is 22.5. The number of fused-ring (bicyclic) bond motifs is 1. The van der Waals surface area contributed by atoms with E-state index in [-0.39, 0.29) is 24.1 Å². The van der Waals surface area contributed by atoms with Crippen molar-refractivity contribution in [1.82, 2.24) is 15.0 Å². The Bertz CT molecular complexity index is 1260. The van der Waals surface area contributed by atoms with Gasteiger partial charge >= 0.3 is 18.0 Å². The van der Waals surface area contributed by atoms with Crippen LogP contribution in [0.4, 0.5) is 20.6 Å². The number of carbonyl (C=O) groups excluding carboxylic acids is 2. The lowest BCUT2D eigenvalue weighted by atomic mass is 10.3. The predicted octanol–water partition coefficient (Wildman–Crippen LogP) is 4.71. The average Bonchev–Trinajstić information content (AvgIpc) is 3.21. The topological polar surface area (TPSA) is 118 Å². The number of aromatic amines is 1. The Kier molecular flexibility index (Phi) is 5.93. The quantitative estimate of drug-likeness (QED) is 0.378. The molecule has 3 N–H and O–H groups in total. The van der Waals surface area contributed by atoms with Gasteiger partial charge in [-0.3, -0.25) is 0 Å². The van der Waals surface area contributed by atoms with Crippen LogP contribution in [0.2, 0.25) is 0 Å². The Labute approximate surface area is 181 Å². The van der Waals surface area contributed by atoms with Crippen LogP contribution in [0.3, 0.4) is 0 Å². The monoisotopic (exact) mass is 435 g/mol. The van der Waals surface area contributed by atoms with Crippen molar-refractivity contribution in [3.8, 4) is 11.8 Å². The molecule has 0 spiro atoms. The molecular formula is C22H18FN5O4. The van der Waals surface area contributed by atoms with Crippen LogP contribution in [0.25, 0.3) is 11.0 Å². The summed E-state index contributed by atoms with van der Waals surface area (Å²) < 4.78 is 23.5. The highest BCUT2D eigenvalue weighted by Crippen LogP contribution is 2.22. The van der Waals surface area contributed by atoms with Gasteiger partial charge in [0.15, 0.2) is 0 Å². The lowest BCUT2D eigenvalue weighted by molar-refractivity contribution is 0.0520. The maximum absolute atomic E-state index is 12.9. The first-order valence-electron chi connectivity index (χ1n) is 9.64. The predicted molar refractivity (Wildman–Crippen MR) is 115 cm³/mol. The van der Waals surface area contributed by atoms with Crippen LogP contribution in [0, 0.1) is 5.82 Å². The second kappa shape index (κ2) is 9.13. The number of nitrogens with zero attached hydrogens (tertiary/aromatic N) is 2. The summed E-state index contributed by atoms with van der Waals surface area (Å²) in [6.45, 7) is 2.00. The third kappa shape index (κ3) is 4.98. The molecule has 2 aromatic carbocycles. The highest BCUT2D eigenvalue weighted by Gasteiger charge is 2.12. The Morgan fingerprint density at radius 3 is 2.34 bits per heavy atom. The van der Waals surface area contributed by atoms with E-state index < -0.39 is 12.0 Å². The van der Waals surface area contributed by atoms with Gasteiger partial charge in [-0.25, -0.2) is 19.0 Å². The lowest BCUT2D eigenvalue weighted by Gasteiger charge is -2.08. The number of halogens is 1. The van der Waals surface area contributed by atoms with Gasteiger partial charge in [0.05, 0.1) is 6.61 Å². The molecule has 9 nitrogen and oxygen atoms in total. The van der Waals surface area contributed by atoms with Gasteiger partial charge in [-0.2, -0.15) is 4.98 Å². The number of urea groups is 1. The van der Waals surface area contributed by atoms with E-state index in [0.717, 1.165) is 0 Å². The molecule has 0 unspecified atom stereocenters. The molecule has 4 rings (SSSR count). The first-order chi connectivity index (χ1) is 15.5. The number of benzene rings is 2. The van der Waals surface area contributed by atoms with Crippen LogP contribution >= 0.6 is 0 Å². The molecule has 0 aliphatic rings. The van der Waals surface area contributed by atoms with Crippen molar-refractivity contribution >= 4 is 34.4 Å². The normalized spacial score (nSPS) is 10.6. The smallest absolute Gasteiger partial charge is 0.354 e. The summed E-state index contributed by atoms with van der Waals surface area (Å²) in [5.41, 5.74) is 1.71. The molecule has 0 saturated carbocycles. The second-order valence-electron chi connectivity index (χ2n) is 6.57. The molecule has 10 heteroatoms. The molecule has 162 valence electrons. The van der Waals surface area contributed by atoms with Crippen molar-refractivity contribution < 1.29 is 23.5 Å². The number of aromatic nitrogens is 3. The van der Waals surface area contributed by atoms with Crippen LogP contribution < -0.4 is 15.4 Å². The number of hydrogen-bond donors (Lipinski definition) is 3. The Morgan fingerprint density at radius 2 is 1.69 bits per heavy atom. The molecule has 4 aromatic rings. The summed E-state index contributed by atoms with van der Waals surface area (Å²) in [6, 6.07) is 13.2. The van der Waals surface area contributed by atoms with E-state index in [0.29, 0.717) is 28.2 Å². The van der Waals surface area contributed by atoms with Gasteiger partial charge in [0.25, 0.3) is 0 Å².